The number of aliphatic hydroxyl groups is 1. The molecule has 5 heteroatoms. The van der Waals surface area contributed by atoms with Gasteiger partial charge in [0.1, 0.15) is 0 Å². The fourth-order valence-electron chi connectivity index (χ4n) is 2.82. The molecule has 2 aromatic heterocycles. The number of aromatic nitrogens is 3. The molecule has 0 aliphatic heterocycles. The number of imidazole rings is 1. The van der Waals surface area contributed by atoms with E-state index in [-0.39, 0.29) is 12.1 Å². The highest BCUT2D eigenvalue weighted by Crippen LogP contribution is 2.31. The van der Waals surface area contributed by atoms with Crippen LogP contribution in [0, 0.1) is 11.7 Å². The van der Waals surface area contributed by atoms with Crippen molar-refractivity contribution in [1.82, 2.24) is 14.5 Å². The lowest BCUT2D eigenvalue weighted by atomic mass is 9.92. The average molecular weight is 263 g/mol. The van der Waals surface area contributed by atoms with Gasteiger partial charge in [-0.05, 0) is 43.6 Å². The molecular formula is C13H17N3OS. The van der Waals surface area contributed by atoms with Crippen LogP contribution >= 0.6 is 12.2 Å². The van der Waals surface area contributed by atoms with Gasteiger partial charge in [0.15, 0.2) is 10.4 Å². The van der Waals surface area contributed by atoms with Crippen LogP contribution in [0.5, 0.6) is 0 Å². The third kappa shape index (κ3) is 1.87. The van der Waals surface area contributed by atoms with Crippen molar-refractivity contribution in [3.8, 4) is 0 Å². The summed E-state index contributed by atoms with van der Waals surface area (Å²) in [4.78, 5) is 7.66. The zero-order valence-electron chi connectivity index (χ0n) is 10.4. The number of nitrogens with one attached hydrogen (secondary N) is 1. The molecule has 2 N–H and O–H groups in total. The van der Waals surface area contributed by atoms with Gasteiger partial charge in [-0.3, -0.25) is 4.57 Å². The van der Waals surface area contributed by atoms with Gasteiger partial charge in [-0.15, -0.1) is 0 Å². The average Bonchev–Trinajstić information content (AvgIpc) is 2.65. The molecule has 1 aliphatic carbocycles. The number of pyridine rings is 1. The first kappa shape index (κ1) is 11.9. The summed E-state index contributed by atoms with van der Waals surface area (Å²) in [6, 6.07) is 2.11. The van der Waals surface area contributed by atoms with Crippen molar-refractivity contribution < 1.29 is 5.11 Å². The van der Waals surface area contributed by atoms with Gasteiger partial charge >= 0.3 is 0 Å². The van der Waals surface area contributed by atoms with E-state index in [1.54, 1.807) is 0 Å². The minimum atomic E-state index is -0.312. The van der Waals surface area contributed by atoms with Crippen molar-refractivity contribution in [2.24, 2.45) is 0 Å². The van der Waals surface area contributed by atoms with Gasteiger partial charge in [0, 0.05) is 6.20 Å². The highest BCUT2D eigenvalue weighted by Gasteiger charge is 2.26. The molecule has 1 fully saturated rings. The number of aromatic amines is 1. The lowest BCUT2D eigenvalue weighted by Crippen LogP contribution is -2.27. The molecule has 2 heterocycles. The summed E-state index contributed by atoms with van der Waals surface area (Å²) < 4.78 is 2.66. The zero-order chi connectivity index (χ0) is 12.7. The number of rotatable bonds is 1. The fourth-order valence-corrected chi connectivity index (χ4v) is 3.15. The number of aliphatic hydroxyl groups excluding tert-OH is 1. The highest BCUT2D eigenvalue weighted by molar-refractivity contribution is 7.71. The molecule has 18 heavy (non-hydrogen) atoms. The molecule has 2 aromatic rings. The summed E-state index contributed by atoms with van der Waals surface area (Å²) in [5.74, 6) is 0. The number of nitrogens with zero attached hydrogens (tertiary/aromatic N) is 2. The van der Waals surface area contributed by atoms with Crippen LogP contribution in [0.4, 0.5) is 0 Å². The van der Waals surface area contributed by atoms with E-state index in [4.69, 9.17) is 12.2 Å². The molecule has 96 valence electrons. The predicted molar refractivity (Wildman–Crippen MR) is 73.2 cm³/mol. The third-order valence-corrected chi connectivity index (χ3v) is 4.02. The van der Waals surface area contributed by atoms with Crippen LogP contribution in [-0.4, -0.2) is 25.7 Å². The molecule has 1 saturated carbocycles. The largest absolute Gasteiger partial charge is 0.391 e. The second-order valence-corrected chi connectivity index (χ2v) is 5.49. The number of aryl methyl sites for hydroxylation is 1. The van der Waals surface area contributed by atoms with Crippen LogP contribution in [0.2, 0.25) is 0 Å². The second-order valence-electron chi connectivity index (χ2n) is 5.10. The Morgan fingerprint density at radius 1 is 1.44 bits per heavy atom. The van der Waals surface area contributed by atoms with Crippen molar-refractivity contribution in [2.75, 3.05) is 0 Å². The maximum atomic E-state index is 10.2. The van der Waals surface area contributed by atoms with Crippen LogP contribution in [0.15, 0.2) is 12.3 Å². The Kier molecular flexibility index (Phi) is 2.95. The third-order valence-electron chi connectivity index (χ3n) is 3.72. The maximum Gasteiger partial charge on any atom is 0.179 e. The molecule has 0 bridgehead atoms. The number of fused-ring (bicyclic) bond motifs is 1. The lowest BCUT2D eigenvalue weighted by molar-refractivity contribution is 0.0764. The minimum absolute atomic E-state index is 0.0650. The SMILES string of the molecule is Cc1cnc2c(c1)[nH]c(=S)n2C1CCCCC1O. The maximum absolute atomic E-state index is 10.2. The zero-order valence-corrected chi connectivity index (χ0v) is 11.2. The standard InChI is InChI=1S/C13H17N3OS/c1-8-6-9-12(14-7-8)16(13(18)15-9)10-4-2-3-5-11(10)17/h6-7,10-11,17H,2-5H2,1H3,(H,15,18). The lowest BCUT2D eigenvalue weighted by Gasteiger charge is -2.28. The van der Waals surface area contributed by atoms with E-state index in [0.29, 0.717) is 4.77 Å². The van der Waals surface area contributed by atoms with Crippen LogP contribution in [0.3, 0.4) is 0 Å². The topological polar surface area (TPSA) is 53.8 Å². The van der Waals surface area contributed by atoms with E-state index in [9.17, 15) is 5.11 Å². The summed E-state index contributed by atoms with van der Waals surface area (Å²) in [7, 11) is 0. The van der Waals surface area contributed by atoms with E-state index in [0.717, 1.165) is 42.4 Å². The van der Waals surface area contributed by atoms with Crippen molar-refractivity contribution in [1.29, 1.82) is 0 Å². The molecular weight excluding hydrogens is 246 g/mol. The first-order chi connectivity index (χ1) is 8.66. The van der Waals surface area contributed by atoms with Gasteiger partial charge in [0.25, 0.3) is 0 Å². The van der Waals surface area contributed by atoms with Gasteiger partial charge in [0.2, 0.25) is 0 Å². The molecule has 3 rings (SSSR count). The van der Waals surface area contributed by atoms with Crippen LogP contribution in [0.1, 0.15) is 37.3 Å². The van der Waals surface area contributed by atoms with E-state index in [1.165, 1.54) is 0 Å². The van der Waals surface area contributed by atoms with Gasteiger partial charge < -0.3 is 10.1 Å². The Balaban J connectivity index is 2.16. The predicted octanol–water partition coefficient (Wildman–Crippen LogP) is 2.88. The summed E-state index contributed by atoms with van der Waals surface area (Å²) >= 11 is 5.39. The van der Waals surface area contributed by atoms with Crippen LogP contribution in [-0.2, 0) is 0 Å². The first-order valence-corrected chi connectivity index (χ1v) is 6.82. The Bertz CT molecular complexity index is 631. The van der Waals surface area contributed by atoms with Crippen molar-refractivity contribution >= 4 is 23.4 Å². The summed E-state index contributed by atoms with van der Waals surface area (Å²) in [5, 5.41) is 10.2. The van der Waals surface area contributed by atoms with Gasteiger partial charge in [-0.25, -0.2) is 4.98 Å². The normalized spacial score (nSPS) is 24.6. The number of H-pyrrole nitrogens is 1. The number of hydrogen-bond acceptors (Lipinski definition) is 3. The molecule has 0 amide bonds. The Morgan fingerprint density at radius 2 is 2.22 bits per heavy atom. The van der Waals surface area contributed by atoms with E-state index < -0.39 is 0 Å². The van der Waals surface area contributed by atoms with Crippen molar-refractivity contribution in [2.45, 2.75) is 44.8 Å². The van der Waals surface area contributed by atoms with E-state index in [2.05, 4.69) is 9.97 Å². The Hall–Kier alpha value is -1.20. The van der Waals surface area contributed by atoms with Gasteiger partial charge in [-0.2, -0.15) is 0 Å². The first-order valence-electron chi connectivity index (χ1n) is 6.42. The van der Waals surface area contributed by atoms with Crippen molar-refractivity contribution in [3.63, 3.8) is 0 Å². The molecule has 1 aliphatic rings. The summed E-state index contributed by atoms with van der Waals surface area (Å²) in [6.45, 7) is 2.01. The molecule has 4 nitrogen and oxygen atoms in total. The second kappa shape index (κ2) is 4.48. The number of hydrogen-bond donors (Lipinski definition) is 2. The smallest absolute Gasteiger partial charge is 0.179 e. The molecule has 0 spiro atoms. The summed E-state index contributed by atoms with van der Waals surface area (Å²) in [5.41, 5.74) is 2.92. The van der Waals surface area contributed by atoms with Gasteiger partial charge in [0.05, 0.1) is 17.7 Å². The molecule has 2 atom stereocenters. The summed E-state index contributed by atoms with van der Waals surface area (Å²) in [6.07, 6.45) is 5.59. The highest BCUT2D eigenvalue weighted by atomic mass is 32.1. The van der Waals surface area contributed by atoms with Crippen molar-refractivity contribution in [3.05, 3.63) is 22.6 Å². The van der Waals surface area contributed by atoms with Gasteiger partial charge in [-0.1, -0.05) is 12.8 Å². The van der Waals surface area contributed by atoms with Crippen LogP contribution < -0.4 is 0 Å². The van der Waals surface area contributed by atoms with E-state index >= 15 is 0 Å². The Morgan fingerprint density at radius 3 is 3.00 bits per heavy atom. The minimum Gasteiger partial charge on any atom is -0.391 e. The molecule has 0 saturated heterocycles. The fraction of sp³-hybridized carbons (Fsp3) is 0.538. The van der Waals surface area contributed by atoms with E-state index in [1.807, 2.05) is 23.8 Å². The Labute approximate surface area is 111 Å². The molecule has 2 unspecified atom stereocenters. The monoisotopic (exact) mass is 263 g/mol. The molecule has 0 aromatic carbocycles. The van der Waals surface area contributed by atoms with Crippen LogP contribution in [0.25, 0.3) is 11.2 Å². The quantitative estimate of drug-likeness (QED) is 0.778. The molecule has 0 radical (unpaired) electrons.